The molecule has 0 heterocycles. The van der Waals surface area contributed by atoms with Gasteiger partial charge in [0, 0.05) is 24.9 Å². The molecule has 0 saturated heterocycles. The van der Waals surface area contributed by atoms with Crippen molar-refractivity contribution in [1.29, 1.82) is 0 Å². The summed E-state index contributed by atoms with van der Waals surface area (Å²) in [5.41, 5.74) is 7.18. The third kappa shape index (κ3) is 6.27. The van der Waals surface area contributed by atoms with Crippen molar-refractivity contribution in [3.05, 3.63) is 24.3 Å². The molecule has 0 aromatic heterocycles. The molecule has 1 aromatic carbocycles. The number of carbonyl (C=O) groups excluding carboxylic acids is 2. The Balaban J connectivity index is 0.00000338. The number of rotatable bonds is 7. The molecule has 1 aliphatic rings. The summed E-state index contributed by atoms with van der Waals surface area (Å²) >= 11 is 0. The van der Waals surface area contributed by atoms with Crippen molar-refractivity contribution in [3.63, 3.8) is 0 Å². The first-order valence-corrected chi connectivity index (χ1v) is 8.92. The van der Waals surface area contributed by atoms with Crippen molar-refractivity contribution in [2.45, 2.75) is 51.6 Å². The van der Waals surface area contributed by atoms with E-state index in [4.69, 9.17) is 10.5 Å². The predicted molar refractivity (Wildman–Crippen MR) is 107 cm³/mol. The molecular weight excluding hydrogens is 354 g/mol. The van der Waals surface area contributed by atoms with Gasteiger partial charge in [-0.15, -0.1) is 12.4 Å². The quantitative estimate of drug-likeness (QED) is 0.673. The van der Waals surface area contributed by atoms with Gasteiger partial charge in [0.1, 0.15) is 6.10 Å². The van der Waals surface area contributed by atoms with Gasteiger partial charge in [-0.05, 0) is 49.9 Å². The smallest absolute Gasteiger partial charge is 0.253 e. The number of nitrogens with two attached hydrogens (primary N) is 1. The number of anilines is 2. The maximum absolute atomic E-state index is 12.5. The van der Waals surface area contributed by atoms with Gasteiger partial charge in [-0.3, -0.25) is 9.59 Å². The topological polar surface area (TPSA) is 93.5 Å². The third-order valence-corrected chi connectivity index (χ3v) is 5.02. The van der Waals surface area contributed by atoms with Crippen LogP contribution in [0.4, 0.5) is 11.4 Å². The fourth-order valence-corrected chi connectivity index (χ4v) is 3.33. The van der Waals surface area contributed by atoms with E-state index in [0.717, 1.165) is 25.7 Å². The summed E-state index contributed by atoms with van der Waals surface area (Å²) in [7, 11) is 1.49. The molecular formula is C19H30ClN3O3. The summed E-state index contributed by atoms with van der Waals surface area (Å²) in [5, 5.41) is 5.70. The SMILES string of the molecule is COC(C)C(=O)Nc1cccc(NC(=O)CC2(CN)CCCCC2)c1.Cl. The molecule has 1 fully saturated rings. The Kier molecular flexibility index (Phi) is 9.05. The molecule has 6 nitrogen and oxygen atoms in total. The highest BCUT2D eigenvalue weighted by atomic mass is 35.5. The van der Waals surface area contributed by atoms with Crippen LogP contribution < -0.4 is 16.4 Å². The number of benzene rings is 1. The molecule has 1 aromatic rings. The van der Waals surface area contributed by atoms with Gasteiger partial charge < -0.3 is 21.1 Å². The van der Waals surface area contributed by atoms with Crippen LogP contribution >= 0.6 is 12.4 Å². The summed E-state index contributed by atoms with van der Waals surface area (Å²) in [6.07, 6.45) is 5.46. The lowest BCUT2D eigenvalue weighted by Gasteiger charge is -2.35. The van der Waals surface area contributed by atoms with Crippen LogP contribution in [0.15, 0.2) is 24.3 Å². The Bertz CT molecular complexity index is 603. The third-order valence-electron chi connectivity index (χ3n) is 5.02. The van der Waals surface area contributed by atoms with E-state index in [9.17, 15) is 9.59 Å². The van der Waals surface area contributed by atoms with Crippen LogP contribution in [0, 0.1) is 5.41 Å². The number of halogens is 1. The average molecular weight is 384 g/mol. The number of methoxy groups -OCH3 is 1. The Morgan fingerprint density at radius 1 is 1.19 bits per heavy atom. The number of amides is 2. The largest absolute Gasteiger partial charge is 0.372 e. The van der Waals surface area contributed by atoms with Gasteiger partial charge in [0.2, 0.25) is 5.91 Å². The van der Waals surface area contributed by atoms with Crippen molar-refractivity contribution < 1.29 is 14.3 Å². The van der Waals surface area contributed by atoms with Gasteiger partial charge in [-0.25, -0.2) is 0 Å². The maximum atomic E-state index is 12.5. The molecule has 1 unspecified atom stereocenters. The minimum atomic E-state index is -0.533. The lowest BCUT2D eigenvalue weighted by atomic mass is 9.71. The Morgan fingerprint density at radius 3 is 2.38 bits per heavy atom. The lowest BCUT2D eigenvalue weighted by Crippen LogP contribution is -2.36. The van der Waals surface area contributed by atoms with Crippen LogP contribution in [0.1, 0.15) is 45.4 Å². The molecule has 0 radical (unpaired) electrons. The van der Waals surface area contributed by atoms with E-state index in [-0.39, 0.29) is 29.6 Å². The van der Waals surface area contributed by atoms with Crippen LogP contribution in [0.5, 0.6) is 0 Å². The van der Waals surface area contributed by atoms with E-state index in [1.54, 1.807) is 25.1 Å². The Morgan fingerprint density at radius 2 is 1.81 bits per heavy atom. The molecule has 1 atom stereocenters. The van der Waals surface area contributed by atoms with E-state index < -0.39 is 6.10 Å². The van der Waals surface area contributed by atoms with E-state index in [0.29, 0.717) is 24.3 Å². The van der Waals surface area contributed by atoms with E-state index in [1.807, 2.05) is 6.07 Å². The number of ether oxygens (including phenoxy) is 1. The zero-order valence-electron chi connectivity index (χ0n) is 15.5. The average Bonchev–Trinajstić information content (AvgIpc) is 2.61. The van der Waals surface area contributed by atoms with Gasteiger partial charge in [0.15, 0.2) is 0 Å². The van der Waals surface area contributed by atoms with E-state index in [1.165, 1.54) is 13.5 Å². The molecule has 0 aliphatic heterocycles. The van der Waals surface area contributed by atoms with E-state index >= 15 is 0 Å². The minimum Gasteiger partial charge on any atom is -0.372 e. The normalized spacial score (nSPS) is 16.9. The van der Waals surface area contributed by atoms with Gasteiger partial charge >= 0.3 is 0 Å². The van der Waals surface area contributed by atoms with Crippen molar-refractivity contribution in [2.24, 2.45) is 11.1 Å². The second-order valence-electron chi connectivity index (χ2n) is 6.94. The summed E-state index contributed by atoms with van der Waals surface area (Å²) in [6, 6.07) is 7.12. The first-order valence-electron chi connectivity index (χ1n) is 8.92. The molecule has 7 heteroatoms. The molecule has 0 spiro atoms. The number of carbonyl (C=O) groups is 2. The number of nitrogens with one attached hydrogen (secondary N) is 2. The molecule has 4 N–H and O–H groups in total. The predicted octanol–water partition coefficient (Wildman–Crippen LogP) is 3.32. The highest BCUT2D eigenvalue weighted by Gasteiger charge is 2.32. The fourth-order valence-electron chi connectivity index (χ4n) is 3.33. The zero-order valence-corrected chi connectivity index (χ0v) is 16.4. The Hall–Kier alpha value is -1.63. The molecule has 1 aliphatic carbocycles. The van der Waals surface area contributed by atoms with Gasteiger partial charge in [0.25, 0.3) is 5.91 Å². The number of hydrogen-bond acceptors (Lipinski definition) is 4. The van der Waals surface area contributed by atoms with Crippen LogP contribution in [0.3, 0.4) is 0 Å². The van der Waals surface area contributed by atoms with Gasteiger partial charge in [-0.1, -0.05) is 25.3 Å². The monoisotopic (exact) mass is 383 g/mol. The molecule has 2 amide bonds. The van der Waals surface area contributed by atoms with Crippen LogP contribution in [-0.2, 0) is 14.3 Å². The standard InChI is InChI=1S/C19H29N3O3.ClH/c1-14(25-2)18(24)22-16-8-6-7-15(11-16)21-17(23)12-19(13-20)9-4-3-5-10-19;/h6-8,11,14H,3-5,9-10,12-13,20H2,1-2H3,(H,21,23)(H,22,24);1H. The number of hydrogen-bond donors (Lipinski definition) is 3. The highest BCUT2D eigenvalue weighted by molar-refractivity contribution is 5.96. The van der Waals surface area contributed by atoms with Crippen LogP contribution in [0.2, 0.25) is 0 Å². The second kappa shape index (κ2) is 10.5. The first-order chi connectivity index (χ1) is 12.0. The van der Waals surface area contributed by atoms with Gasteiger partial charge in [0.05, 0.1) is 0 Å². The van der Waals surface area contributed by atoms with E-state index in [2.05, 4.69) is 10.6 Å². The summed E-state index contributed by atoms with van der Waals surface area (Å²) in [5.74, 6) is -0.253. The molecule has 2 rings (SSSR count). The lowest BCUT2D eigenvalue weighted by molar-refractivity contribution is -0.124. The van der Waals surface area contributed by atoms with Crippen molar-refractivity contribution in [1.82, 2.24) is 0 Å². The summed E-state index contributed by atoms with van der Waals surface area (Å²) in [4.78, 5) is 24.3. The molecule has 0 bridgehead atoms. The zero-order chi connectivity index (χ0) is 18.3. The summed E-state index contributed by atoms with van der Waals surface area (Å²) in [6.45, 7) is 2.23. The Labute approximate surface area is 161 Å². The summed E-state index contributed by atoms with van der Waals surface area (Å²) < 4.78 is 4.99. The van der Waals surface area contributed by atoms with Gasteiger partial charge in [-0.2, -0.15) is 0 Å². The van der Waals surface area contributed by atoms with Crippen molar-refractivity contribution in [3.8, 4) is 0 Å². The van der Waals surface area contributed by atoms with Crippen LogP contribution in [0.25, 0.3) is 0 Å². The van der Waals surface area contributed by atoms with Crippen molar-refractivity contribution >= 4 is 35.6 Å². The maximum Gasteiger partial charge on any atom is 0.253 e. The molecule has 26 heavy (non-hydrogen) atoms. The minimum absolute atomic E-state index is 0. The fraction of sp³-hybridized carbons (Fsp3) is 0.579. The second-order valence-corrected chi connectivity index (χ2v) is 6.94. The van der Waals surface area contributed by atoms with Crippen LogP contribution in [-0.4, -0.2) is 31.6 Å². The molecule has 1 saturated carbocycles. The highest BCUT2D eigenvalue weighted by Crippen LogP contribution is 2.38. The van der Waals surface area contributed by atoms with Crippen molar-refractivity contribution in [2.75, 3.05) is 24.3 Å². The molecule has 146 valence electrons. The first kappa shape index (κ1) is 22.4.